The summed E-state index contributed by atoms with van der Waals surface area (Å²) in [5, 5.41) is 16.1. The lowest BCUT2D eigenvalue weighted by Crippen LogP contribution is -1.93. The zero-order chi connectivity index (χ0) is 7.56. The number of aryl methyl sites for hydroxylation is 2. The zero-order valence-electron chi connectivity index (χ0n) is 5.92. The van der Waals surface area contributed by atoms with E-state index < -0.39 is 0 Å². The molecule has 3 nitrogen and oxygen atoms in total. The fraction of sp³-hybridized carbons (Fsp3) is 0.286. The molecule has 0 radical (unpaired) electrons. The van der Waals surface area contributed by atoms with Crippen LogP contribution in [0.5, 0.6) is 0 Å². The van der Waals surface area contributed by atoms with Crippen molar-refractivity contribution in [2.45, 2.75) is 13.8 Å². The Kier molecular flexibility index (Phi) is 1.63. The van der Waals surface area contributed by atoms with Crippen LogP contribution in [0.1, 0.15) is 17.0 Å². The molecule has 1 heterocycles. The lowest BCUT2D eigenvalue weighted by molar-refractivity contribution is 0.934. The van der Waals surface area contributed by atoms with Crippen molar-refractivity contribution < 1.29 is 0 Å². The molecule has 0 aliphatic heterocycles. The number of hydrogen-bond donors (Lipinski definition) is 0. The molecule has 1 aromatic rings. The monoisotopic (exact) mass is 133 g/mol. The first-order chi connectivity index (χ1) is 4.74. The first-order valence-electron chi connectivity index (χ1n) is 2.95. The zero-order valence-corrected chi connectivity index (χ0v) is 5.92. The van der Waals surface area contributed by atoms with E-state index in [1.807, 2.05) is 13.0 Å². The second-order valence-electron chi connectivity index (χ2n) is 2.10. The first kappa shape index (κ1) is 6.69. The number of nitrogens with zero attached hydrogens (tertiary/aromatic N) is 3. The van der Waals surface area contributed by atoms with Gasteiger partial charge in [0, 0.05) is 0 Å². The highest BCUT2D eigenvalue weighted by Crippen LogP contribution is 2.01. The maximum Gasteiger partial charge on any atom is 0.101 e. The summed E-state index contributed by atoms with van der Waals surface area (Å²) in [6, 6.07) is 3.76. The third kappa shape index (κ3) is 1.11. The average molecular weight is 133 g/mol. The van der Waals surface area contributed by atoms with E-state index in [1.165, 1.54) is 0 Å². The van der Waals surface area contributed by atoms with Crippen molar-refractivity contribution >= 4 is 0 Å². The van der Waals surface area contributed by atoms with Crippen LogP contribution in [0.25, 0.3) is 0 Å². The highest BCUT2D eigenvalue weighted by atomic mass is 15.1. The Labute approximate surface area is 59.3 Å². The van der Waals surface area contributed by atoms with Crippen LogP contribution < -0.4 is 0 Å². The minimum atomic E-state index is 0.604. The van der Waals surface area contributed by atoms with E-state index >= 15 is 0 Å². The Morgan fingerprint density at radius 2 is 2.10 bits per heavy atom. The van der Waals surface area contributed by atoms with Crippen LogP contribution >= 0.6 is 0 Å². The topological polar surface area (TPSA) is 49.6 Å². The molecule has 0 aliphatic carbocycles. The van der Waals surface area contributed by atoms with Gasteiger partial charge in [0.15, 0.2) is 0 Å². The molecule has 0 saturated heterocycles. The quantitative estimate of drug-likeness (QED) is 0.529. The van der Waals surface area contributed by atoms with E-state index in [4.69, 9.17) is 5.26 Å². The van der Waals surface area contributed by atoms with Crippen LogP contribution in [0.3, 0.4) is 0 Å². The molecule has 0 fully saturated rings. The first-order valence-corrected chi connectivity index (χ1v) is 2.95. The number of rotatable bonds is 0. The molecule has 0 aromatic carbocycles. The van der Waals surface area contributed by atoms with Crippen LogP contribution in [0, 0.1) is 25.2 Å². The van der Waals surface area contributed by atoms with Crippen LogP contribution in [-0.2, 0) is 0 Å². The second kappa shape index (κ2) is 2.44. The van der Waals surface area contributed by atoms with Gasteiger partial charge in [-0.2, -0.15) is 15.5 Å². The van der Waals surface area contributed by atoms with Gasteiger partial charge in [0.25, 0.3) is 0 Å². The van der Waals surface area contributed by atoms with Gasteiger partial charge in [-0.15, -0.1) is 0 Å². The molecule has 0 atom stereocenters. The van der Waals surface area contributed by atoms with Crippen molar-refractivity contribution in [2.24, 2.45) is 0 Å². The largest absolute Gasteiger partial charge is 0.192 e. The minimum absolute atomic E-state index is 0.604. The molecule has 0 saturated carbocycles. The maximum atomic E-state index is 8.53. The van der Waals surface area contributed by atoms with Crippen molar-refractivity contribution in [2.75, 3.05) is 0 Å². The molecule has 3 heteroatoms. The average Bonchev–Trinajstić information content (AvgIpc) is 1.94. The molecule has 1 aromatic heterocycles. The SMILES string of the molecule is Cc1cc(C#N)c(C)nn1. The minimum Gasteiger partial charge on any atom is -0.192 e. The smallest absolute Gasteiger partial charge is 0.101 e. The van der Waals surface area contributed by atoms with Gasteiger partial charge in [-0.25, -0.2) is 0 Å². The van der Waals surface area contributed by atoms with E-state index in [9.17, 15) is 0 Å². The molecule has 0 bridgehead atoms. The van der Waals surface area contributed by atoms with Gasteiger partial charge in [-0.1, -0.05) is 0 Å². The van der Waals surface area contributed by atoms with Gasteiger partial charge < -0.3 is 0 Å². The van der Waals surface area contributed by atoms with Crippen molar-refractivity contribution in [1.29, 1.82) is 5.26 Å². The lowest BCUT2D eigenvalue weighted by atomic mass is 10.2. The Morgan fingerprint density at radius 3 is 2.60 bits per heavy atom. The van der Waals surface area contributed by atoms with E-state index in [0.717, 1.165) is 5.69 Å². The summed E-state index contributed by atoms with van der Waals surface area (Å²) in [5.74, 6) is 0. The van der Waals surface area contributed by atoms with Gasteiger partial charge in [0.1, 0.15) is 6.07 Å². The van der Waals surface area contributed by atoms with Crippen molar-refractivity contribution in [3.63, 3.8) is 0 Å². The normalized spacial score (nSPS) is 8.90. The van der Waals surface area contributed by atoms with Crippen molar-refractivity contribution in [3.05, 3.63) is 23.0 Å². The summed E-state index contributed by atoms with van der Waals surface area (Å²) in [7, 11) is 0. The van der Waals surface area contributed by atoms with Crippen molar-refractivity contribution in [3.8, 4) is 6.07 Å². The van der Waals surface area contributed by atoms with E-state index in [0.29, 0.717) is 11.3 Å². The summed E-state index contributed by atoms with van der Waals surface area (Å²) in [6.45, 7) is 3.58. The molecule has 0 N–H and O–H groups in total. The summed E-state index contributed by atoms with van der Waals surface area (Å²) >= 11 is 0. The highest BCUT2D eigenvalue weighted by Gasteiger charge is 1.97. The lowest BCUT2D eigenvalue weighted by Gasteiger charge is -1.93. The molecular formula is C7H7N3. The van der Waals surface area contributed by atoms with Crippen LogP contribution in [0.15, 0.2) is 6.07 Å². The molecule has 0 unspecified atom stereocenters. The molecule has 0 aliphatic rings. The van der Waals surface area contributed by atoms with Crippen LogP contribution in [-0.4, -0.2) is 10.2 Å². The molecular weight excluding hydrogens is 126 g/mol. The molecule has 0 amide bonds. The number of aromatic nitrogens is 2. The van der Waals surface area contributed by atoms with E-state index in [2.05, 4.69) is 10.2 Å². The molecule has 1 rings (SSSR count). The van der Waals surface area contributed by atoms with Crippen LogP contribution in [0.2, 0.25) is 0 Å². The Morgan fingerprint density at radius 1 is 1.40 bits per heavy atom. The summed E-state index contributed by atoms with van der Waals surface area (Å²) < 4.78 is 0. The Balaban J connectivity index is 3.25. The Bertz CT molecular complexity index is 285. The molecule has 0 spiro atoms. The summed E-state index contributed by atoms with van der Waals surface area (Å²) in [5.41, 5.74) is 2.07. The molecule has 10 heavy (non-hydrogen) atoms. The highest BCUT2D eigenvalue weighted by molar-refractivity contribution is 5.32. The fourth-order valence-electron chi connectivity index (χ4n) is 0.663. The fourth-order valence-corrected chi connectivity index (χ4v) is 0.663. The van der Waals surface area contributed by atoms with Gasteiger partial charge in [-0.3, -0.25) is 0 Å². The summed E-state index contributed by atoms with van der Waals surface area (Å²) in [4.78, 5) is 0. The number of hydrogen-bond acceptors (Lipinski definition) is 3. The molecule has 50 valence electrons. The van der Waals surface area contributed by atoms with Crippen molar-refractivity contribution in [1.82, 2.24) is 10.2 Å². The summed E-state index contributed by atoms with van der Waals surface area (Å²) in [6.07, 6.45) is 0. The second-order valence-corrected chi connectivity index (χ2v) is 2.10. The predicted molar refractivity (Wildman–Crippen MR) is 36.2 cm³/mol. The third-order valence-electron chi connectivity index (χ3n) is 1.22. The maximum absolute atomic E-state index is 8.53. The van der Waals surface area contributed by atoms with Gasteiger partial charge in [-0.05, 0) is 19.9 Å². The van der Waals surface area contributed by atoms with Gasteiger partial charge in [0.05, 0.1) is 17.0 Å². The van der Waals surface area contributed by atoms with Gasteiger partial charge in [0.2, 0.25) is 0 Å². The van der Waals surface area contributed by atoms with E-state index in [-0.39, 0.29) is 0 Å². The van der Waals surface area contributed by atoms with E-state index in [1.54, 1.807) is 13.0 Å². The number of nitriles is 1. The Hall–Kier alpha value is -1.43. The third-order valence-corrected chi connectivity index (χ3v) is 1.22. The predicted octanol–water partition coefficient (Wildman–Crippen LogP) is 0.965. The van der Waals surface area contributed by atoms with Crippen LogP contribution in [0.4, 0.5) is 0 Å². The van der Waals surface area contributed by atoms with Gasteiger partial charge >= 0.3 is 0 Å². The standard InChI is InChI=1S/C7H7N3/c1-5-3-7(4-8)6(2)10-9-5/h3H,1-2H3.